The fraction of sp³-hybridized carbons (Fsp3) is 1.00. The first kappa shape index (κ1) is 21.0. The minimum Gasteiger partial charge on any atom is -1.00 e. The summed E-state index contributed by atoms with van der Waals surface area (Å²) in [6, 6.07) is 0. The van der Waals surface area contributed by atoms with Crippen LogP contribution in [-0.2, 0) is 0 Å². The molecule has 0 fully saturated rings. The molecule has 0 aliphatic heterocycles. The van der Waals surface area contributed by atoms with Crippen LogP contribution in [0.5, 0.6) is 0 Å². The van der Waals surface area contributed by atoms with Crippen molar-refractivity contribution in [2.45, 2.75) is 64.7 Å². The third-order valence-corrected chi connectivity index (χ3v) is 3.57. The molecular weight excluding hydrogens is 337 g/mol. The van der Waals surface area contributed by atoms with Crippen LogP contribution in [-0.4, -0.2) is 43.4 Å². The number of likely N-dealkylation sites (N-methyl/N-ethyl adjacent to an activating group) is 1. The van der Waals surface area contributed by atoms with Gasteiger partial charge < -0.3 is 33.6 Å². The van der Waals surface area contributed by atoms with Gasteiger partial charge in [-0.05, 0) is 12.8 Å². The van der Waals surface area contributed by atoms with Gasteiger partial charge in [0.25, 0.3) is 0 Å². The van der Waals surface area contributed by atoms with E-state index in [2.05, 4.69) is 21.0 Å². The van der Waals surface area contributed by atoms with Gasteiger partial charge in [-0.2, -0.15) is 0 Å². The SMILES string of the molecule is CCCCCCCCCCC[N+](C)(C)CCO.[I-]. The van der Waals surface area contributed by atoms with Gasteiger partial charge in [-0.3, -0.25) is 0 Å². The largest absolute Gasteiger partial charge is 1.00 e. The van der Waals surface area contributed by atoms with E-state index in [9.17, 15) is 0 Å². The summed E-state index contributed by atoms with van der Waals surface area (Å²) in [6.07, 6.45) is 12.5. The number of hydrogen-bond donors (Lipinski definition) is 1. The Kier molecular flexibility index (Phi) is 16.4. The molecule has 0 radical (unpaired) electrons. The fourth-order valence-electron chi connectivity index (χ4n) is 2.23. The van der Waals surface area contributed by atoms with E-state index >= 15 is 0 Å². The highest BCUT2D eigenvalue weighted by atomic mass is 127. The van der Waals surface area contributed by atoms with Gasteiger partial charge in [-0.15, -0.1) is 0 Å². The molecule has 18 heavy (non-hydrogen) atoms. The summed E-state index contributed by atoms with van der Waals surface area (Å²) in [6.45, 7) is 4.67. The Morgan fingerprint density at radius 2 is 1.17 bits per heavy atom. The molecule has 0 amide bonds. The first-order valence-electron chi connectivity index (χ1n) is 7.55. The van der Waals surface area contributed by atoms with E-state index in [-0.39, 0.29) is 24.0 Å². The molecule has 0 aromatic carbocycles. The molecule has 0 aromatic rings. The number of unbranched alkanes of at least 4 members (excludes halogenated alkanes) is 8. The summed E-state index contributed by atoms with van der Waals surface area (Å²) in [5.41, 5.74) is 0. The summed E-state index contributed by atoms with van der Waals surface area (Å²) in [5, 5.41) is 8.93. The number of rotatable bonds is 12. The number of hydrogen-bond acceptors (Lipinski definition) is 1. The first-order chi connectivity index (χ1) is 8.12. The molecule has 0 atom stereocenters. The van der Waals surface area contributed by atoms with Crippen LogP contribution >= 0.6 is 0 Å². The highest BCUT2D eigenvalue weighted by Crippen LogP contribution is 2.10. The van der Waals surface area contributed by atoms with E-state index in [4.69, 9.17) is 5.11 Å². The first-order valence-corrected chi connectivity index (χ1v) is 7.55. The normalized spacial score (nSPS) is 11.3. The monoisotopic (exact) mass is 371 g/mol. The summed E-state index contributed by atoms with van der Waals surface area (Å²) < 4.78 is 0.965. The molecule has 0 aromatic heterocycles. The number of nitrogens with zero attached hydrogens (tertiary/aromatic N) is 1. The zero-order valence-corrected chi connectivity index (χ0v) is 14.9. The smallest absolute Gasteiger partial charge is 0.102 e. The molecule has 0 spiro atoms. The maximum absolute atomic E-state index is 8.93. The van der Waals surface area contributed by atoms with Crippen LogP contribution in [0.2, 0.25) is 0 Å². The van der Waals surface area contributed by atoms with Gasteiger partial charge >= 0.3 is 0 Å². The topological polar surface area (TPSA) is 20.2 Å². The molecule has 2 nitrogen and oxygen atoms in total. The zero-order chi connectivity index (χ0) is 13.0. The molecule has 0 saturated heterocycles. The Labute approximate surface area is 132 Å². The van der Waals surface area contributed by atoms with Crippen LogP contribution in [0.25, 0.3) is 0 Å². The predicted molar refractivity (Wildman–Crippen MR) is 76.2 cm³/mol. The molecule has 1 N–H and O–H groups in total. The van der Waals surface area contributed by atoms with E-state index in [1.165, 1.54) is 64.3 Å². The van der Waals surface area contributed by atoms with E-state index in [1.54, 1.807) is 0 Å². The number of halogens is 1. The lowest BCUT2D eigenvalue weighted by molar-refractivity contribution is -0.890. The van der Waals surface area contributed by atoms with Gasteiger partial charge in [-0.1, -0.05) is 51.9 Å². The summed E-state index contributed by atoms with van der Waals surface area (Å²) in [7, 11) is 4.42. The van der Waals surface area contributed by atoms with Crippen molar-refractivity contribution in [3.8, 4) is 0 Å². The Balaban J connectivity index is 0. The van der Waals surface area contributed by atoms with Crippen LogP contribution in [0.15, 0.2) is 0 Å². The lowest BCUT2D eigenvalue weighted by atomic mass is 10.1. The highest BCUT2D eigenvalue weighted by Gasteiger charge is 2.12. The maximum Gasteiger partial charge on any atom is 0.102 e. The number of aliphatic hydroxyl groups excluding tert-OH is 1. The summed E-state index contributed by atoms with van der Waals surface area (Å²) in [5.74, 6) is 0. The van der Waals surface area contributed by atoms with Crippen molar-refractivity contribution in [2.75, 3.05) is 33.8 Å². The van der Waals surface area contributed by atoms with Crippen LogP contribution in [0.3, 0.4) is 0 Å². The minimum absolute atomic E-state index is 0. The van der Waals surface area contributed by atoms with Crippen molar-refractivity contribution < 1.29 is 33.6 Å². The third kappa shape index (κ3) is 14.7. The molecular formula is C15H34INO. The fourth-order valence-corrected chi connectivity index (χ4v) is 2.23. The Hall–Kier alpha value is 0.650. The number of aliphatic hydroxyl groups is 1. The van der Waals surface area contributed by atoms with E-state index in [0.29, 0.717) is 6.61 Å². The average molecular weight is 371 g/mol. The molecule has 0 bridgehead atoms. The molecule has 0 aliphatic carbocycles. The standard InChI is InChI=1S/C15H34NO.HI/c1-4-5-6-7-8-9-10-11-12-13-16(2,3)14-15-17;/h17H,4-15H2,1-3H3;1H/q+1;/p-1. The van der Waals surface area contributed by atoms with Crippen LogP contribution < -0.4 is 24.0 Å². The van der Waals surface area contributed by atoms with Crippen molar-refractivity contribution in [3.63, 3.8) is 0 Å². The Bertz CT molecular complexity index is 163. The van der Waals surface area contributed by atoms with Gasteiger partial charge in [0.1, 0.15) is 6.54 Å². The van der Waals surface area contributed by atoms with Gasteiger partial charge in [0.05, 0.1) is 27.2 Å². The van der Waals surface area contributed by atoms with Crippen LogP contribution in [0.4, 0.5) is 0 Å². The lowest BCUT2D eigenvalue weighted by Crippen LogP contribution is -3.00. The van der Waals surface area contributed by atoms with Gasteiger partial charge in [-0.25, -0.2) is 0 Å². The number of quaternary nitrogens is 1. The Morgan fingerprint density at radius 1 is 0.722 bits per heavy atom. The van der Waals surface area contributed by atoms with Crippen molar-refractivity contribution in [2.24, 2.45) is 0 Å². The predicted octanol–water partition coefficient (Wildman–Crippen LogP) is 0.590. The van der Waals surface area contributed by atoms with Crippen molar-refractivity contribution in [3.05, 3.63) is 0 Å². The summed E-state index contributed by atoms with van der Waals surface area (Å²) >= 11 is 0. The molecule has 3 heteroatoms. The average Bonchev–Trinajstić information content (AvgIpc) is 2.27. The van der Waals surface area contributed by atoms with E-state index < -0.39 is 0 Å². The summed E-state index contributed by atoms with van der Waals surface area (Å²) in [4.78, 5) is 0. The quantitative estimate of drug-likeness (QED) is 0.303. The molecule has 0 heterocycles. The van der Waals surface area contributed by atoms with Gasteiger partial charge in [0.2, 0.25) is 0 Å². The van der Waals surface area contributed by atoms with Crippen LogP contribution in [0, 0.1) is 0 Å². The van der Waals surface area contributed by atoms with Gasteiger partial charge in [0.15, 0.2) is 0 Å². The molecule has 0 saturated carbocycles. The van der Waals surface area contributed by atoms with E-state index in [1.807, 2.05) is 0 Å². The molecule has 0 rings (SSSR count). The third-order valence-electron chi connectivity index (χ3n) is 3.57. The van der Waals surface area contributed by atoms with Crippen molar-refractivity contribution in [1.82, 2.24) is 0 Å². The van der Waals surface area contributed by atoms with Crippen molar-refractivity contribution in [1.29, 1.82) is 0 Å². The lowest BCUT2D eigenvalue weighted by Gasteiger charge is -2.28. The molecule has 112 valence electrons. The van der Waals surface area contributed by atoms with Crippen molar-refractivity contribution >= 4 is 0 Å². The minimum atomic E-state index is 0. The molecule has 0 unspecified atom stereocenters. The Morgan fingerprint density at radius 3 is 1.61 bits per heavy atom. The second-order valence-corrected chi connectivity index (χ2v) is 5.93. The second kappa shape index (κ2) is 14.1. The van der Waals surface area contributed by atoms with E-state index in [0.717, 1.165) is 11.0 Å². The zero-order valence-electron chi connectivity index (χ0n) is 12.8. The second-order valence-electron chi connectivity index (χ2n) is 5.93. The van der Waals surface area contributed by atoms with Gasteiger partial charge in [0, 0.05) is 0 Å². The molecule has 0 aliphatic rings. The maximum atomic E-state index is 8.93. The van der Waals surface area contributed by atoms with Crippen LogP contribution in [0.1, 0.15) is 64.7 Å². The highest BCUT2D eigenvalue weighted by molar-refractivity contribution is 4.47.